The molecule has 1 unspecified atom stereocenters. The van der Waals surface area contributed by atoms with Crippen molar-refractivity contribution in [3.63, 3.8) is 0 Å². The van der Waals surface area contributed by atoms with E-state index < -0.39 is 32.9 Å². The molecule has 0 aliphatic heterocycles. The molecule has 0 rings (SSSR count). The first kappa shape index (κ1) is 13.8. The van der Waals surface area contributed by atoms with E-state index in [1.165, 1.54) is 0 Å². The van der Waals surface area contributed by atoms with Crippen LogP contribution >= 0.6 is 9.24 Å². The van der Waals surface area contributed by atoms with Crippen molar-refractivity contribution in [3.05, 3.63) is 0 Å². The van der Waals surface area contributed by atoms with Gasteiger partial charge in [0.25, 0.3) is 0 Å². The Morgan fingerprint density at radius 3 is 0.929 bits per heavy atom. The zero-order valence-corrected chi connectivity index (χ0v) is 7.52. The average molecular weight is 253 g/mol. The Kier molecular flexibility index (Phi) is 3.10. The number of hydrogen-bond donors (Lipinski definition) is 0. The highest BCUT2D eigenvalue weighted by Gasteiger charge is 2.82. The van der Waals surface area contributed by atoms with E-state index >= 15 is 0 Å². The smallest absolute Gasteiger partial charge is 0.189 e. The molecule has 0 aliphatic carbocycles. The lowest BCUT2D eigenvalue weighted by Crippen LogP contribution is -2.58. The lowest BCUT2D eigenvalue weighted by Gasteiger charge is -2.29. The van der Waals surface area contributed by atoms with Gasteiger partial charge in [0.2, 0.25) is 0 Å². The first-order valence-corrected chi connectivity index (χ1v) is 3.51. The quantitative estimate of drug-likeness (QED) is 0.524. The number of alkyl halides is 9. The van der Waals surface area contributed by atoms with Gasteiger partial charge >= 0.3 is 23.7 Å². The summed E-state index contributed by atoms with van der Waals surface area (Å²) in [5.74, 6) is -13.2. The SMILES string of the molecule is FC(F)(F)C(F)(F)C(F)(F)C(F)(F)[PH3+]. The van der Waals surface area contributed by atoms with Gasteiger partial charge in [-0.05, 0) is 0 Å². The Labute approximate surface area is 73.7 Å². The second-order valence-electron chi connectivity index (χ2n) is 2.35. The minimum atomic E-state index is -6.76. The summed E-state index contributed by atoms with van der Waals surface area (Å²) in [6.07, 6.45) is -6.72. The van der Waals surface area contributed by atoms with E-state index in [1.54, 1.807) is 0 Å². The van der Waals surface area contributed by atoms with Crippen LogP contribution in [0.4, 0.5) is 39.5 Å². The molecule has 0 heterocycles. The maximum absolute atomic E-state index is 12.0. The number of halogens is 9. The molecule has 0 N–H and O–H groups in total. The molecule has 10 heteroatoms. The summed E-state index contributed by atoms with van der Waals surface area (Å²) in [6, 6.07) is 0. The average Bonchev–Trinajstić information content (AvgIpc) is 1.81. The van der Waals surface area contributed by atoms with Gasteiger partial charge < -0.3 is 0 Å². The van der Waals surface area contributed by atoms with Crippen LogP contribution in [-0.2, 0) is 0 Å². The molecule has 0 nitrogen and oxygen atoms in total. The Hall–Kier alpha value is -0.200. The summed E-state index contributed by atoms with van der Waals surface area (Å²) in [5, 5.41) is 0. The first-order chi connectivity index (χ1) is 5.75. The van der Waals surface area contributed by atoms with Gasteiger partial charge in [0.1, 0.15) is 0 Å². The topological polar surface area (TPSA) is 0 Å². The predicted molar refractivity (Wildman–Crippen MR) is 32.0 cm³/mol. The predicted octanol–water partition coefficient (Wildman–Crippen LogP) is 3.02. The van der Waals surface area contributed by atoms with Crippen molar-refractivity contribution < 1.29 is 39.5 Å². The molecule has 0 saturated heterocycles. The van der Waals surface area contributed by atoms with Crippen molar-refractivity contribution in [2.45, 2.75) is 23.7 Å². The second kappa shape index (κ2) is 3.15. The van der Waals surface area contributed by atoms with Crippen LogP contribution < -0.4 is 0 Å². The molecule has 0 saturated carbocycles. The van der Waals surface area contributed by atoms with Crippen LogP contribution in [0.3, 0.4) is 0 Å². The zero-order valence-electron chi connectivity index (χ0n) is 6.11. The fourth-order valence-corrected chi connectivity index (χ4v) is 0.630. The van der Waals surface area contributed by atoms with Gasteiger partial charge in [-0.15, -0.1) is 0 Å². The van der Waals surface area contributed by atoms with Gasteiger partial charge in [-0.2, -0.15) is 39.5 Å². The summed E-state index contributed by atoms with van der Waals surface area (Å²) < 4.78 is 105. The van der Waals surface area contributed by atoms with Crippen molar-refractivity contribution in [2.75, 3.05) is 0 Å². The lowest BCUT2D eigenvalue weighted by atomic mass is 10.1. The molecule has 86 valence electrons. The fourth-order valence-electron chi connectivity index (χ4n) is 0.408. The molecular weight excluding hydrogens is 250 g/mol. The Balaban J connectivity index is 5.30. The third kappa shape index (κ3) is 1.92. The van der Waals surface area contributed by atoms with Crippen LogP contribution in [0.2, 0.25) is 0 Å². The second-order valence-corrected chi connectivity index (χ2v) is 3.24. The van der Waals surface area contributed by atoms with Crippen molar-refractivity contribution in [1.29, 1.82) is 0 Å². The van der Waals surface area contributed by atoms with Crippen molar-refractivity contribution in [1.82, 2.24) is 0 Å². The van der Waals surface area contributed by atoms with E-state index in [9.17, 15) is 39.5 Å². The fraction of sp³-hybridized carbons (Fsp3) is 1.00. The summed E-state index contributed by atoms with van der Waals surface area (Å²) in [4.78, 5) is 0. The standard InChI is InChI=1S/C4H2F9P/c5-1(6,3(9,10)11)2(7,8)4(12,13)14/h14H2/p+1. The van der Waals surface area contributed by atoms with Gasteiger partial charge in [-0.25, -0.2) is 0 Å². The normalized spacial score (nSPS) is 16.1. The highest BCUT2D eigenvalue weighted by Crippen LogP contribution is 2.54. The molecular formula is C4H3F9P+. The molecule has 0 aromatic heterocycles. The molecule has 0 spiro atoms. The van der Waals surface area contributed by atoms with Gasteiger partial charge in [0.15, 0.2) is 0 Å². The van der Waals surface area contributed by atoms with Crippen LogP contribution in [0.5, 0.6) is 0 Å². The summed E-state index contributed by atoms with van der Waals surface area (Å²) in [5.41, 5.74) is -5.44. The van der Waals surface area contributed by atoms with Crippen LogP contribution in [0, 0.1) is 0 Å². The van der Waals surface area contributed by atoms with E-state index in [0.717, 1.165) is 0 Å². The molecule has 0 aliphatic rings. The molecule has 0 fully saturated rings. The van der Waals surface area contributed by atoms with E-state index in [0.29, 0.717) is 0 Å². The summed E-state index contributed by atoms with van der Waals surface area (Å²) in [7, 11) is -0.935. The Morgan fingerprint density at radius 1 is 0.571 bits per heavy atom. The first-order valence-electron chi connectivity index (χ1n) is 2.80. The van der Waals surface area contributed by atoms with Gasteiger partial charge in [0, 0.05) is 0 Å². The van der Waals surface area contributed by atoms with Crippen molar-refractivity contribution in [3.8, 4) is 0 Å². The highest BCUT2D eigenvalue weighted by atomic mass is 31.0. The summed E-state index contributed by atoms with van der Waals surface area (Å²) in [6.45, 7) is 0. The number of rotatable bonds is 2. The molecule has 0 radical (unpaired) electrons. The van der Waals surface area contributed by atoms with Crippen LogP contribution in [-0.4, -0.2) is 23.7 Å². The molecule has 0 aromatic rings. The maximum Gasteiger partial charge on any atom is 0.460 e. The molecule has 0 bridgehead atoms. The van der Waals surface area contributed by atoms with Gasteiger partial charge in [0.05, 0.1) is 9.24 Å². The minimum absolute atomic E-state index is 0.935. The van der Waals surface area contributed by atoms with Crippen LogP contribution in [0.15, 0.2) is 0 Å². The van der Waals surface area contributed by atoms with Gasteiger partial charge in [-0.1, -0.05) is 0 Å². The maximum atomic E-state index is 12.0. The largest absolute Gasteiger partial charge is 0.460 e. The van der Waals surface area contributed by atoms with Crippen LogP contribution in [0.25, 0.3) is 0 Å². The van der Waals surface area contributed by atoms with E-state index in [4.69, 9.17) is 0 Å². The van der Waals surface area contributed by atoms with Crippen LogP contribution in [0.1, 0.15) is 0 Å². The third-order valence-corrected chi connectivity index (χ3v) is 1.65. The monoisotopic (exact) mass is 253 g/mol. The summed E-state index contributed by atoms with van der Waals surface area (Å²) >= 11 is 0. The molecule has 0 aromatic carbocycles. The van der Waals surface area contributed by atoms with Crippen molar-refractivity contribution in [2.24, 2.45) is 0 Å². The lowest BCUT2D eigenvalue weighted by molar-refractivity contribution is -0.381. The van der Waals surface area contributed by atoms with E-state index in [2.05, 4.69) is 0 Å². The molecule has 0 amide bonds. The Bertz CT molecular complexity index is 186. The van der Waals surface area contributed by atoms with E-state index in [1.807, 2.05) is 0 Å². The van der Waals surface area contributed by atoms with Gasteiger partial charge in [-0.3, -0.25) is 0 Å². The molecule has 1 atom stereocenters. The molecule has 14 heavy (non-hydrogen) atoms. The third-order valence-electron chi connectivity index (χ3n) is 1.21. The Morgan fingerprint density at radius 2 is 0.857 bits per heavy atom. The van der Waals surface area contributed by atoms with E-state index in [-0.39, 0.29) is 0 Å². The number of hydrogen-bond acceptors (Lipinski definition) is 0. The highest BCUT2D eigenvalue weighted by molar-refractivity contribution is 7.18. The minimum Gasteiger partial charge on any atom is -0.189 e. The zero-order chi connectivity index (χ0) is 12.0. The van der Waals surface area contributed by atoms with Crippen molar-refractivity contribution >= 4 is 9.24 Å².